The number of morpholine rings is 1. The first-order valence-corrected chi connectivity index (χ1v) is 6.40. The van der Waals surface area contributed by atoms with Gasteiger partial charge in [0.2, 0.25) is 0 Å². The first-order valence-electron chi connectivity index (χ1n) is 6.40. The van der Waals surface area contributed by atoms with Gasteiger partial charge in [-0.3, -0.25) is 4.79 Å². The molecule has 0 spiro atoms. The molecule has 1 fully saturated rings. The van der Waals surface area contributed by atoms with Gasteiger partial charge in [0.25, 0.3) is 5.91 Å². The van der Waals surface area contributed by atoms with E-state index in [1.54, 1.807) is 0 Å². The number of carbonyl (C=O) groups is 1. The number of hydrogen-bond donors (Lipinski definition) is 2. The van der Waals surface area contributed by atoms with Gasteiger partial charge in [0.05, 0.1) is 6.61 Å². The minimum atomic E-state index is -0.390. The Kier molecular flexibility index (Phi) is 4.33. The van der Waals surface area contributed by atoms with Gasteiger partial charge in [-0.2, -0.15) is 0 Å². The Morgan fingerprint density at radius 2 is 2.22 bits per heavy atom. The Morgan fingerprint density at radius 1 is 1.44 bits per heavy atom. The number of para-hydroxylation sites is 1. The molecule has 0 bridgehead atoms. The molecule has 18 heavy (non-hydrogen) atoms. The lowest BCUT2D eigenvalue weighted by Crippen LogP contribution is -2.45. The smallest absolute Gasteiger partial charge is 0.254 e. The quantitative estimate of drug-likeness (QED) is 0.856. The van der Waals surface area contributed by atoms with Crippen LogP contribution in [0.5, 0.6) is 0 Å². The number of amides is 1. The van der Waals surface area contributed by atoms with Gasteiger partial charge in [-0.1, -0.05) is 32.0 Å². The summed E-state index contributed by atoms with van der Waals surface area (Å²) in [6.07, 6.45) is -0.390. The summed E-state index contributed by atoms with van der Waals surface area (Å²) in [7, 11) is 0. The molecule has 1 aromatic carbocycles. The zero-order valence-corrected chi connectivity index (χ0v) is 10.9. The Balaban J connectivity index is 2.06. The fourth-order valence-electron chi connectivity index (χ4n) is 2.06. The maximum atomic E-state index is 12.1. The summed E-state index contributed by atoms with van der Waals surface area (Å²) in [6.45, 7) is 6.21. The van der Waals surface area contributed by atoms with Gasteiger partial charge >= 0.3 is 0 Å². The maximum Gasteiger partial charge on any atom is 0.254 e. The topological polar surface area (TPSA) is 50.4 Å². The maximum absolute atomic E-state index is 12.1. The highest BCUT2D eigenvalue weighted by Crippen LogP contribution is 2.23. The van der Waals surface area contributed by atoms with E-state index in [-0.39, 0.29) is 12.0 Å². The van der Waals surface area contributed by atoms with Crippen molar-refractivity contribution >= 4 is 11.6 Å². The van der Waals surface area contributed by atoms with Gasteiger partial charge in [0, 0.05) is 18.8 Å². The summed E-state index contributed by atoms with van der Waals surface area (Å²) in [5.41, 5.74) is 2.03. The van der Waals surface area contributed by atoms with E-state index < -0.39 is 0 Å². The standard InChI is InChI=1S/C14H20N2O2/c1-10(2)11-5-3-4-6-12(11)16-14(17)13-9-15-7-8-18-13/h3-6,10,13,15H,7-9H2,1-2H3,(H,16,17). The third-order valence-corrected chi connectivity index (χ3v) is 3.06. The Bertz CT molecular complexity index is 412. The summed E-state index contributed by atoms with van der Waals surface area (Å²) < 4.78 is 5.44. The van der Waals surface area contributed by atoms with Gasteiger partial charge in [-0.05, 0) is 17.5 Å². The van der Waals surface area contributed by atoms with Crippen molar-refractivity contribution in [1.29, 1.82) is 0 Å². The van der Waals surface area contributed by atoms with Crippen LogP contribution < -0.4 is 10.6 Å². The normalized spacial score (nSPS) is 19.8. The minimum absolute atomic E-state index is 0.0738. The summed E-state index contributed by atoms with van der Waals surface area (Å²) in [5.74, 6) is 0.308. The second-order valence-electron chi connectivity index (χ2n) is 4.79. The van der Waals surface area contributed by atoms with Crippen LogP contribution in [0.15, 0.2) is 24.3 Å². The molecule has 2 N–H and O–H groups in total. The molecule has 4 heteroatoms. The summed E-state index contributed by atoms with van der Waals surface area (Å²) >= 11 is 0. The molecule has 1 amide bonds. The van der Waals surface area contributed by atoms with Crippen LogP contribution in [0.1, 0.15) is 25.3 Å². The average molecular weight is 248 g/mol. The molecule has 1 unspecified atom stereocenters. The number of carbonyl (C=O) groups excluding carboxylic acids is 1. The van der Waals surface area contributed by atoms with Gasteiger partial charge in [-0.15, -0.1) is 0 Å². The van der Waals surface area contributed by atoms with Gasteiger partial charge < -0.3 is 15.4 Å². The van der Waals surface area contributed by atoms with Gasteiger partial charge in [0.15, 0.2) is 0 Å². The molecule has 2 rings (SSSR count). The Morgan fingerprint density at radius 3 is 2.89 bits per heavy atom. The number of benzene rings is 1. The molecule has 1 heterocycles. The predicted molar refractivity (Wildman–Crippen MR) is 71.8 cm³/mol. The van der Waals surface area contributed by atoms with E-state index in [1.807, 2.05) is 24.3 Å². The first-order chi connectivity index (χ1) is 8.68. The Hall–Kier alpha value is -1.39. The van der Waals surface area contributed by atoms with E-state index in [1.165, 1.54) is 0 Å². The highest BCUT2D eigenvalue weighted by Gasteiger charge is 2.22. The third-order valence-electron chi connectivity index (χ3n) is 3.06. The summed E-state index contributed by atoms with van der Waals surface area (Å²) in [6, 6.07) is 7.90. The minimum Gasteiger partial charge on any atom is -0.366 e. The second-order valence-corrected chi connectivity index (χ2v) is 4.79. The van der Waals surface area contributed by atoms with E-state index in [0.717, 1.165) is 17.8 Å². The van der Waals surface area contributed by atoms with Crippen LogP contribution in [0.3, 0.4) is 0 Å². The van der Waals surface area contributed by atoms with Crippen LogP contribution in [0.4, 0.5) is 5.69 Å². The molecule has 4 nitrogen and oxygen atoms in total. The van der Waals surface area contributed by atoms with Crippen molar-refractivity contribution < 1.29 is 9.53 Å². The van der Waals surface area contributed by atoms with Crippen LogP contribution in [-0.2, 0) is 9.53 Å². The van der Waals surface area contributed by atoms with Crippen molar-refractivity contribution in [2.75, 3.05) is 25.0 Å². The van der Waals surface area contributed by atoms with Crippen molar-refractivity contribution in [3.8, 4) is 0 Å². The van der Waals surface area contributed by atoms with E-state index >= 15 is 0 Å². The van der Waals surface area contributed by atoms with E-state index in [9.17, 15) is 4.79 Å². The lowest BCUT2D eigenvalue weighted by molar-refractivity contribution is -0.128. The Labute approximate surface area is 108 Å². The highest BCUT2D eigenvalue weighted by molar-refractivity contribution is 5.95. The van der Waals surface area contributed by atoms with Crippen LogP contribution in [0.2, 0.25) is 0 Å². The molecule has 98 valence electrons. The van der Waals surface area contributed by atoms with Crippen LogP contribution in [-0.4, -0.2) is 31.7 Å². The van der Waals surface area contributed by atoms with E-state index in [2.05, 4.69) is 24.5 Å². The SMILES string of the molecule is CC(C)c1ccccc1NC(=O)C1CNCCO1. The second kappa shape index (κ2) is 5.98. The number of nitrogens with one attached hydrogen (secondary N) is 2. The van der Waals surface area contributed by atoms with Gasteiger partial charge in [-0.25, -0.2) is 0 Å². The van der Waals surface area contributed by atoms with E-state index in [4.69, 9.17) is 4.74 Å². The monoisotopic (exact) mass is 248 g/mol. The van der Waals surface area contributed by atoms with Crippen LogP contribution in [0.25, 0.3) is 0 Å². The van der Waals surface area contributed by atoms with Gasteiger partial charge in [0.1, 0.15) is 6.10 Å². The summed E-state index contributed by atoms with van der Waals surface area (Å²) in [5, 5.41) is 6.11. The fourth-order valence-corrected chi connectivity index (χ4v) is 2.06. The van der Waals surface area contributed by atoms with E-state index in [0.29, 0.717) is 19.1 Å². The van der Waals surface area contributed by atoms with Crippen LogP contribution >= 0.6 is 0 Å². The lowest BCUT2D eigenvalue weighted by atomic mass is 10.0. The molecule has 1 aromatic rings. The molecule has 0 aromatic heterocycles. The highest BCUT2D eigenvalue weighted by atomic mass is 16.5. The molecule has 1 saturated heterocycles. The molecule has 0 radical (unpaired) electrons. The van der Waals surface area contributed by atoms with Crippen molar-refractivity contribution in [3.63, 3.8) is 0 Å². The largest absolute Gasteiger partial charge is 0.366 e. The summed E-state index contributed by atoms with van der Waals surface area (Å²) in [4.78, 5) is 12.1. The molecule has 0 aliphatic carbocycles. The average Bonchev–Trinajstić information content (AvgIpc) is 2.40. The number of anilines is 1. The molecular weight excluding hydrogens is 228 g/mol. The van der Waals surface area contributed by atoms with Crippen molar-refractivity contribution in [2.24, 2.45) is 0 Å². The molecule has 0 saturated carbocycles. The number of hydrogen-bond acceptors (Lipinski definition) is 3. The predicted octanol–water partition coefficient (Wildman–Crippen LogP) is 1.74. The first kappa shape index (κ1) is 13.1. The zero-order chi connectivity index (χ0) is 13.0. The lowest BCUT2D eigenvalue weighted by Gasteiger charge is -2.23. The number of ether oxygens (including phenoxy) is 1. The van der Waals surface area contributed by atoms with Crippen molar-refractivity contribution in [2.45, 2.75) is 25.9 Å². The third kappa shape index (κ3) is 3.09. The molecular formula is C14H20N2O2. The molecule has 1 atom stereocenters. The molecule has 1 aliphatic heterocycles. The van der Waals surface area contributed by atoms with Crippen LogP contribution in [0, 0.1) is 0 Å². The molecule has 1 aliphatic rings. The van der Waals surface area contributed by atoms with Crippen molar-refractivity contribution in [1.82, 2.24) is 5.32 Å². The fraction of sp³-hybridized carbons (Fsp3) is 0.500. The number of rotatable bonds is 3. The van der Waals surface area contributed by atoms with Crippen molar-refractivity contribution in [3.05, 3.63) is 29.8 Å². The zero-order valence-electron chi connectivity index (χ0n) is 10.9.